The molecule has 0 radical (unpaired) electrons. The molecule has 4 rings (SSSR count). The zero-order chi connectivity index (χ0) is 26.8. The Morgan fingerprint density at radius 3 is 2.32 bits per heavy atom. The molecule has 0 bridgehead atoms. The standard InChI is InChI=1S/C28H33N3O5S/c1-19-11-5-6-12-20(19)26(32)29-23-16-17-24(22-14-8-7-13-21(22)23)37(34,35)30-25-15-9-10-18-31(25)27(33)36-28(2,3)4/h5-8,11-14,16-17,25,30H,9-10,15,18H2,1-4H3,(H,29,32). The Labute approximate surface area is 218 Å². The summed E-state index contributed by atoms with van der Waals surface area (Å²) in [5.41, 5.74) is 1.21. The van der Waals surface area contributed by atoms with Crippen molar-refractivity contribution in [2.24, 2.45) is 0 Å². The van der Waals surface area contributed by atoms with E-state index in [0.29, 0.717) is 35.0 Å². The summed E-state index contributed by atoms with van der Waals surface area (Å²) in [5.74, 6) is -0.271. The van der Waals surface area contributed by atoms with E-state index in [-0.39, 0.29) is 10.8 Å². The molecule has 1 saturated heterocycles. The highest BCUT2D eigenvalue weighted by molar-refractivity contribution is 7.89. The molecule has 2 amide bonds. The molecular formula is C28H33N3O5S. The van der Waals surface area contributed by atoms with E-state index < -0.39 is 27.9 Å². The summed E-state index contributed by atoms with van der Waals surface area (Å²) in [7, 11) is -4.01. The second-order valence-corrected chi connectivity index (χ2v) is 11.9. The Balaban J connectivity index is 1.63. The number of piperidine rings is 1. The lowest BCUT2D eigenvalue weighted by atomic mass is 10.1. The Morgan fingerprint density at radius 2 is 1.62 bits per heavy atom. The molecule has 37 heavy (non-hydrogen) atoms. The fraction of sp³-hybridized carbons (Fsp3) is 0.357. The average molecular weight is 524 g/mol. The lowest BCUT2D eigenvalue weighted by Crippen LogP contribution is -2.54. The normalized spacial score (nSPS) is 16.4. The van der Waals surface area contributed by atoms with Gasteiger partial charge in [0.05, 0.1) is 11.1 Å². The maximum absolute atomic E-state index is 13.6. The molecule has 0 saturated carbocycles. The maximum atomic E-state index is 13.6. The summed E-state index contributed by atoms with van der Waals surface area (Å²) >= 11 is 0. The van der Waals surface area contributed by atoms with Crippen LogP contribution in [0.4, 0.5) is 10.5 Å². The van der Waals surface area contributed by atoms with E-state index in [1.165, 1.54) is 11.0 Å². The average Bonchev–Trinajstić information content (AvgIpc) is 2.83. The van der Waals surface area contributed by atoms with E-state index in [1.54, 1.807) is 63.2 Å². The number of hydrogen-bond donors (Lipinski definition) is 2. The van der Waals surface area contributed by atoms with Gasteiger partial charge < -0.3 is 10.1 Å². The Morgan fingerprint density at radius 1 is 0.946 bits per heavy atom. The zero-order valence-electron chi connectivity index (χ0n) is 21.6. The minimum atomic E-state index is -4.01. The highest BCUT2D eigenvalue weighted by Gasteiger charge is 2.34. The number of fused-ring (bicyclic) bond motifs is 1. The predicted molar refractivity (Wildman–Crippen MR) is 144 cm³/mol. The summed E-state index contributed by atoms with van der Waals surface area (Å²) in [6.07, 6.45) is 0.792. The number of carbonyl (C=O) groups is 2. The van der Waals surface area contributed by atoms with Gasteiger partial charge in [-0.15, -0.1) is 0 Å². The van der Waals surface area contributed by atoms with E-state index in [9.17, 15) is 18.0 Å². The van der Waals surface area contributed by atoms with Gasteiger partial charge in [0.2, 0.25) is 10.0 Å². The number of benzene rings is 3. The number of ether oxygens (including phenoxy) is 1. The molecule has 3 aromatic rings. The van der Waals surface area contributed by atoms with E-state index in [0.717, 1.165) is 18.4 Å². The number of aryl methyl sites for hydroxylation is 1. The lowest BCUT2D eigenvalue weighted by molar-refractivity contribution is 0.00861. The van der Waals surface area contributed by atoms with Crippen LogP contribution < -0.4 is 10.0 Å². The molecule has 1 fully saturated rings. The van der Waals surface area contributed by atoms with Crippen LogP contribution in [-0.4, -0.2) is 43.6 Å². The molecule has 9 heteroatoms. The van der Waals surface area contributed by atoms with Gasteiger partial charge in [0.1, 0.15) is 5.60 Å². The Kier molecular flexibility index (Phi) is 7.57. The van der Waals surface area contributed by atoms with E-state index >= 15 is 0 Å². The van der Waals surface area contributed by atoms with Crippen molar-refractivity contribution < 1.29 is 22.7 Å². The highest BCUT2D eigenvalue weighted by atomic mass is 32.2. The first-order valence-corrected chi connectivity index (χ1v) is 13.9. The van der Waals surface area contributed by atoms with Crippen LogP contribution in [0.15, 0.2) is 65.6 Å². The number of sulfonamides is 1. The van der Waals surface area contributed by atoms with Crippen LogP contribution in [0.25, 0.3) is 10.8 Å². The van der Waals surface area contributed by atoms with Crippen molar-refractivity contribution in [2.75, 3.05) is 11.9 Å². The van der Waals surface area contributed by atoms with Crippen LogP contribution in [-0.2, 0) is 14.8 Å². The topological polar surface area (TPSA) is 105 Å². The first kappa shape index (κ1) is 26.6. The smallest absolute Gasteiger partial charge is 0.411 e. The number of nitrogens with one attached hydrogen (secondary N) is 2. The zero-order valence-corrected chi connectivity index (χ0v) is 22.4. The second-order valence-electron chi connectivity index (χ2n) is 10.2. The van der Waals surface area contributed by atoms with Gasteiger partial charge in [0.15, 0.2) is 0 Å². The summed E-state index contributed by atoms with van der Waals surface area (Å²) in [6, 6.07) is 17.4. The monoisotopic (exact) mass is 523 g/mol. The van der Waals surface area contributed by atoms with Crippen molar-refractivity contribution in [1.29, 1.82) is 0 Å². The molecule has 1 aliphatic rings. The lowest BCUT2D eigenvalue weighted by Gasteiger charge is -2.36. The van der Waals surface area contributed by atoms with Gasteiger partial charge in [0, 0.05) is 28.6 Å². The Hall–Kier alpha value is -3.43. The van der Waals surface area contributed by atoms with Gasteiger partial charge in [0.25, 0.3) is 5.91 Å². The van der Waals surface area contributed by atoms with Gasteiger partial charge in [-0.2, -0.15) is 4.72 Å². The van der Waals surface area contributed by atoms with Crippen LogP contribution in [0, 0.1) is 6.92 Å². The van der Waals surface area contributed by atoms with Gasteiger partial charge in [-0.25, -0.2) is 13.2 Å². The van der Waals surface area contributed by atoms with Gasteiger partial charge >= 0.3 is 6.09 Å². The van der Waals surface area contributed by atoms with E-state index in [2.05, 4.69) is 10.0 Å². The summed E-state index contributed by atoms with van der Waals surface area (Å²) in [6.45, 7) is 7.60. The fourth-order valence-corrected chi connectivity index (χ4v) is 5.91. The van der Waals surface area contributed by atoms with Crippen LogP contribution in [0.3, 0.4) is 0 Å². The van der Waals surface area contributed by atoms with Crippen molar-refractivity contribution in [3.05, 3.63) is 71.8 Å². The summed E-state index contributed by atoms with van der Waals surface area (Å²) in [5, 5.41) is 3.99. The van der Waals surface area contributed by atoms with Crippen molar-refractivity contribution in [3.63, 3.8) is 0 Å². The fourth-order valence-electron chi connectivity index (χ4n) is 4.47. The van der Waals surface area contributed by atoms with Crippen LogP contribution in [0.1, 0.15) is 56.0 Å². The molecule has 1 unspecified atom stereocenters. The first-order chi connectivity index (χ1) is 17.5. The number of rotatable bonds is 5. The first-order valence-electron chi connectivity index (χ1n) is 12.4. The second kappa shape index (κ2) is 10.5. The maximum Gasteiger partial charge on any atom is 0.411 e. The number of hydrogen-bond acceptors (Lipinski definition) is 5. The van der Waals surface area contributed by atoms with Gasteiger partial charge in [-0.3, -0.25) is 9.69 Å². The van der Waals surface area contributed by atoms with E-state index in [4.69, 9.17) is 4.74 Å². The van der Waals surface area contributed by atoms with Crippen LogP contribution in [0.5, 0.6) is 0 Å². The minimum absolute atomic E-state index is 0.0757. The van der Waals surface area contributed by atoms with Crippen molar-refractivity contribution in [3.8, 4) is 0 Å². The molecule has 3 aromatic carbocycles. The largest absolute Gasteiger partial charge is 0.444 e. The van der Waals surface area contributed by atoms with Crippen molar-refractivity contribution in [1.82, 2.24) is 9.62 Å². The third-order valence-corrected chi connectivity index (χ3v) is 7.75. The molecule has 8 nitrogen and oxygen atoms in total. The predicted octanol–water partition coefficient (Wildman–Crippen LogP) is 5.43. The molecular weight excluding hydrogens is 490 g/mol. The molecule has 0 aliphatic carbocycles. The highest BCUT2D eigenvalue weighted by Crippen LogP contribution is 2.31. The summed E-state index contributed by atoms with van der Waals surface area (Å²) < 4.78 is 35.4. The van der Waals surface area contributed by atoms with Crippen LogP contribution >= 0.6 is 0 Å². The van der Waals surface area contributed by atoms with Crippen molar-refractivity contribution in [2.45, 2.75) is 63.6 Å². The number of nitrogens with zero attached hydrogens (tertiary/aromatic N) is 1. The molecule has 1 aliphatic heterocycles. The third kappa shape index (κ3) is 6.11. The summed E-state index contributed by atoms with van der Waals surface area (Å²) in [4.78, 5) is 27.2. The number of carbonyl (C=O) groups excluding carboxylic acids is 2. The van der Waals surface area contributed by atoms with Gasteiger partial charge in [-0.1, -0.05) is 42.5 Å². The molecule has 1 heterocycles. The number of amides is 2. The van der Waals surface area contributed by atoms with Gasteiger partial charge in [-0.05, 0) is 70.7 Å². The van der Waals surface area contributed by atoms with Crippen LogP contribution in [0.2, 0.25) is 0 Å². The number of likely N-dealkylation sites (tertiary alicyclic amines) is 1. The SMILES string of the molecule is Cc1ccccc1C(=O)Nc1ccc(S(=O)(=O)NC2CCCCN2C(=O)OC(C)(C)C)c2ccccc12. The molecule has 0 aromatic heterocycles. The molecule has 196 valence electrons. The third-order valence-electron chi connectivity index (χ3n) is 6.23. The minimum Gasteiger partial charge on any atom is -0.444 e. The quantitative estimate of drug-likeness (QED) is 0.464. The molecule has 2 N–H and O–H groups in total. The number of anilines is 1. The molecule has 0 spiro atoms. The van der Waals surface area contributed by atoms with Crippen molar-refractivity contribution >= 4 is 38.5 Å². The molecule has 1 atom stereocenters. The van der Waals surface area contributed by atoms with E-state index in [1.807, 2.05) is 19.1 Å². The Bertz CT molecular complexity index is 1430.